The molecule has 0 bridgehead atoms. The van der Waals surface area contributed by atoms with E-state index < -0.39 is 0 Å². The van der Waals surface area contributed by atoms with E-state index in [-0.39, 0.29) is 24.2 Å². The zero-order valence-electron chi connectivity index (χ0n) is 15.7. The van der Waals surface area contributed by atoms with Crippen molar-refractivity contribution in [2.75, 3.05) is 6.61 Å². The number of rotatable bonds is 7. The van der Waals surface area contributed by atoms with E-state index in [0.717, 1.165) is 30.6 Å². The number of amides is 1. The second-order valence-corrected chi connectivity index (χ2v) is 7.56. The number of para-hydroxylation sites is 1. The van der Waals surface area contributed by atoms with E-state index in [1.807, 2.05) is 43.3 Å². The Morgan fingerprint density at radius 1 is 1.19 bits per heavy atom. The molecule has 2 aromatic rings. The summed E-state index contributed by atoms with van der Waals surface area (Å²) in [4.78, 5) is 12.2. The van der Waals surface area contributed by atoms with E-state index in [2.05, 4.69) is 31.3 Å². The fourth-order valence-electron chi connectivity index (χ4n) is 3.26. The average Bonchev–Trinajstić information content (AvgIpc) is 2.93. The third-order valence-electron chi connectivity index (χ3n) is 4.53. The maximum atomic E-state index is 12.2. The minimum atomic E-state index is -0.226. The Morgan fingerprint density at radius 3 is 2.73 bits per heavy atom. The molecule has 138 valence electrons. The van der Waals surface area contributed by atoms with Gasteiger partial charge in [0, 0.05) is 18.0 Å². The molecule has 1 heterocycles. The summed E-state index contributed by atoms with van der Waals surface area (Å²) >= 11 is 0. The third-order valence-corrected chi connectivity index (χ3v) is 4.53. The summed E-state index contributed by atoms with van der Waals surface area (Å²) in [7, 11) is 0. The number of fused-ring (bicyclic) bond motifs is 1. The smallest absolute Gasteiger partial charge is 0.258 e. The zero-order valence-corrected chi connectivity index (χ0v) is 15.7. The van der Waals surface area contributed by atoms with Crippen LogP contribution in [0.1, 0.15) is 38.3 Å². The Kier molecular flexibility index (Phi) is 5.50. The van der Waals surface area contributed by atoms with Crippen LogP contribution in [0.25, 0.3) is 0 Å². The van der Waals surface area contributed by atoms with E-state index in [1.165, 1.54) is 5.56 Å². The van der Waals surface area contributed by atoms with Crippen LogP contribution in [0.3, 0.4) is 0 Å². The largest absolute Gasteiger partial charge is 0.483 e. The highest BCUT2D eigenvalue weighted by atomic mass is 16.5. The van der Waals surface area contributed by atoms with Crippen molar-refractivity contribution in [3.63, 3.8) is 0 Å². The summed E-state index contributed by atoms with van der Waals surface area (Å²) in [6, 6.07) is 16.2. The van der Waals surface area contributed by atoms with E-state index in [1.54, 1.807) is 0 Å². The van der Waals surface area contributed by atoms with Gasteiger partial charge in [-0.2, -0.15) is 0 Å². The van der Waals surface area contributed by atoms with Crippen LogP contribution in [0.2, 0.25) is 0 Å². The second-order valence-electron chi connectivity index (χ2n) is 7.56. The Labute approximate surface area is 155 Å². The summed E-state index contributed by atoms with van der Waals surface area (Å²) in [5.74, 6) is 1.29. The number of ether oxygens (including phenoxy) is 2. The quantitative estimate of drug-likeness (QED) is 0.821. The van der Waals surface area contributed by atoms with Crippen molar-refractivity contribution in [2.24, 2.45) is 0 Å². The van der Waals surface area contributed by atoms with Crippen molar-refractivity contribution in [3.8, 4) is 11.5 Å². The lowest BCUT2D eigenvalue weighted by Gasteiger charge is -2.18. The van der Waals surface area contributed by atoms with E-state index in [9.17, 15) is 4.79 Å². The van der Waals surface area contributed by atoms with Crippen LogP contribution in [0.15, 0.2) is 48.5 Å². The van der Waals surface area contributed by atoms with Crippen molar-refractivity contribution in [2.45, 2.75) is 51.7 Å². The molecule has 1 atom stereocenters. The Hall–Kier alpha value is -2.49. The molecule has 4 nitrogen and oxygen atoms in total. The average molecular weight is 353 g/mol. The molecular weight excluding hydrogens is 326 g/mol. The molecule has 0 spiro atoms. The van der Waals surface area contributed by atoms with E-state index >= 15 is 0 Å². The lowest BCUT2D eigenvalue weighted by Crippen LogP contribution is -2.36. The molecule has 4 heteroatoms. The van der Waals surface area contributed by atoms with Crippen LogP contribution in [0.4, 0.5) is 0 Å². The summed E-state index contributed by atoms with van der Waals surface area (Å²) < 4.78 is 11.7. The van der Waals surface area contributed by atoms with Gasteiger partial charge in [-0.05, 0) is 45.2 Å². The van der Waals surface area contributed by atoms with Crippen LogP contribution in [-0.4, -0.2) is 24.2 Å². The molecule has 26 heavy (non-hydrogen) atoms. The van der Waals surface area contributed by atoms with Gasteiger partial charge in [-0.3, -0.25) is 4.79 Å². The highest BCUT2D eigenvalue weighted by molar-refractivity contribution is 5.78. The number of benzene rings is 2. The molecule has 1 N–H and O–H groups in total. The SMILES string of the molecule is C[C@H](CCc1ccccc1)NC(=O)COc1cccc2c1OC(C)(C)C2. The van der Waals surface area contributed by atoms with Crippen LogP contribution in [0.5, 0.6) is 11.5 Å². The van der Waals surface area contributed by atoms with Gasteiger partial charge in [0.1, 0.15) is 5.60 Å². The van der Waals surface area contributed by atoms with Crippen molar-refractivity contribution in [3.05, 3.63) is 59.7 Å². The van der Waals surface area contributed by atoms with E-state index in [4.69, 9.17) is 9.47 Å². The zero-order chi connectivity index (χ0) is 18.6. The Morgan fingerprint density at radius 2 is 1.96 bits per heavy atom. The van der Waals surface area contributed by atoms with Gasteiger partial charge in [0.2, 0.25) is 0 Å². The van der Waals surface area contributed by atoms with Crippen molar-refractivity contribution in [1.29, 1.82) is 0 Å². The highest BCUT2D eigenvalue weighted by Crippen LogP contribution is 2.41. The number of nitrogens with one attached hydrogen (secondary N) is 1. The number of aryl methyl sites for hydroxylation is 1. The van der Waals surface area contributed by atoms with Gasteiger partial charge in [0.05, 0.1) is 0 Å². The first-order valence-corrected chi connectivity index (χ1v) is 9.20. The summed E-state index contributed by atoms with van der Waals surface area (Å²) in [5, 5.41) is 3.00. The molecule has 0 aromatic heterocycles. The summed E-state index contributed by atoms with van der Waals surface area (Å²) in [6.07, 6.45) is 2.69. The number of carbonyl (C=O) groups excluding carboxylic acids is 1. The minimum absolute atomic E-state index is 0.00405. The predicted molar refractivity (Wildman–Crippen MR) is 103 cm³/mol. The van der Waals surface area contributed by atoms with Crippen LogP contribution < -0.4 is 14.8 Å². The molecular formula is C22H27NO3. The molecule has 0 saturated heterocycles. The molecule has 1 aliphatic heterocycles. The van der Waals surface area contributed by atoms with Crippen molar-refractivity contribution < 1.29 is 14.3 Å². The highest BCUT2D eigenvalue weighted by Gasteiger charge is 2.32. The molecule has 2 aromatic carbocycles. The van der Waals surface area contributed by atoms with E-state index in [0.29, 0.717) is 5.75 Å². The normalized spacial score (nSPS) is 15.7. The third kappa shape index (κ3) is 4.78. The van der Waals surface area contributed by atoms with Gasteiger partial charge in [-0.1, -0.05) is 42.5 Å². The van der Waals surface area contributed by atoms with Crippen LogP contribution in [-0.2, 0) is 17.6 Å². The lowest BCUT2D eigenvalue weighted by molar-refractivity contribution is -0.123. The fourth-order valence-corrected chi connectivity index (χ4v) is 3.26. The van der Waals surface area contributed by atoms with Gasteiger partial charge in [0.15, 0.2) is 18.1 Å². The number of carbonyl (C=O) groups is 1. The van der Waals surface area contributed by atoms with Gasteiger partial charge in [-0.15, -0.1) is 0 Å². The van der Waals surface area contributed by atoms with Crippen molar-refractivity contribution in [1.82, 2.24) is 5.32 Å². The molecule has 0 aliphatic carbocycles. The van der Waals surface area contributed by atoms with Crippen LogP contribution >= 0.6 is 0 Å². The second kappa shape index (κ2) is 7.81. The molecule has 1 amide bonds. The molecule has 0 fully saturated rings. The maximum Gasteiger partial charge on any atom is 0.258 e. The van der Waals surface area contributed by atoms with Gasteiger partial charge < -0.3 is 14.8 Å². The Balaban J connectivity index is 1.47. The molecule has 1 aliphatic rings. The monoisotopic (exact) mass is 353 g/mol. The first-order chi connectivity index (χ1) is 12.4. The first kappa shape index (κ1) is 18.3. The first-order valence-electron chi connectivity index (χ1n) is 9.20. The summed E-state index contributed by atoms with van der Waals surface area (Å²) in [5.41, 5.74) is 2.18. The van der Waals surface area contributed by atoms with Crippen LogP contribution in [0, 0.1) is 0 Å². The van der Waals surface area contributed by atoms with Gasteiger partial charge >= 0.3 is 0 Å². The molecule has 0 unspecified atom stereocenters. The van der Waals surface area contributed by atoms with Gasteiger partial charge in [0.25, 0.3) is 5.91 Å². The fraction of sp³-hybridized carbons (Fsp3) is 0.409. The Bertz CT molecular complexity index is 755. The van der Waals surface area contributed by atoms with Crippen molar-refractivity contribution >= 4 is 5.91 Å². The number of hydrogen-bond donors (Lipinski definition) is 1. The topological polar surface area (TPSA) is 47.6 Å². The molecule has 0 saturated carbocycles. The molecule has 3 rings (SSSR count). The lowest BCUT2D eigenvalue weighted by atomic mass is 10.0. The summed E-state index contributed by atoms with van der Waals surface area (Å²) in [6.45, 7) is 6.12. The standard InChI is InChI=1S/C22H27NO3/c1-16(12-13-17-8-5-4-6-9-17)23-20(24)15-25-19-11-7-10-18-14-22(2,3)26-21(18)19/h4-11,16H,12-15H2,1-3H3,(H,23,24)/t16-/m1/s1. The van der Waals surface area contributed by atoms with Gasteiger partial charge in [-0.25, -0.2) is 0 Å². The maximum absolute atomic E-state index is 12.2. The number of hydrogen-bond acceptors (Lipinski definition) is 3. The molecule has 0 radical (unpaired) electrons. The minimum Gasteiger partial charge on any atom is -0.483 e. The predicted octanol–water partition coefficient (Wildman–Crippen LogP) is 3.92.